The average Bonchev–Trinajstić information content (AvgIpc) is 2.27. The van der Waals surface area contributed by atoms with Crippen molar-refractivity contribution in [2.24, 2.45) is 0 Å². The predicted octanol–water partition coefficient (Wildman–Crippen LogP) is 4.11. The molecule has 0 radical (unpaired) electrons. The molecule has 17 heavy (non-hydrogen) atoms. The molecule has 0 saturated carbocycles. The normalized spacial score (nSPS) is 10.3. The van der Waals surface area contributed by atoms with Gasteiger partial charge in [-0.2, -0.15) is 0 Å². The smallest absolute Gasteiger partial charge is 0.148 e. The highest BCUT2D eigenvalue weighted by Crippen LogP contribution is 2.26. The molecule has 88 valence electrons. The zero-order valence-electron chi connectivity index (χ0n) is 9.30. The molecule has 0 aliphatic rings. The Labute approximate surface area is 104 Å². The molecule has 0 aliphatic carbocycles. The van der Waals surface area contributed by atoms with E-state index in [0.29, 0.717) is 16.4 Å². The van der Waals surface area contributed by atoms with E-state index in [1.807, 2.05) is 13.0 Å². The summed E-state index contributed by atoms with van der Waals surface area (Å²) in [5.74, 6) is -0.390. The molecular weight excluding hydrogens is 239 g/mol. The summed E-state index contributed by atoms with van der Waals surface area (Å²) in [5, 5.41) is 3.37. The predicted molar refractivity (Wildman–Crippen MR) is 70.3 cm³/mol. The molecule has 4 heteroatoms. The van der Waals surface area contributed by atoms with E-state index in [1.54, 1.807) is 24.3 Å². The number of aryl methyl sites for hydroxylation is 1. The Morgan fingerprint density at radius 3 is 2.59 bits per heavy atom. The van der Waals surface area contributed by atoms with Gasteiger partial charge < -0.3 is 11.1 Å². The number of hydrogen-bond donors (Lipinski definition) is 2. The summed E-state index contributed by atoms with van der Waals surface area (Å²) in [5.41, 5.74) is 8.48. The van der Waals surface area contributed by atoms with Gasteiger partial charge in [0.25, 0.3) is 0 Å². The standard InChI is InChI=1S/C13H12ClFN2/c1-8-2-4-10(16)7-13(8)17-12-5-3-9(14)6-11(12)15/h2-7,17H,16H2,1H3. The van der Waals surface area contributed by atoms with Gasteiger partial charge in [0.05, 0.1) is 5.69 Å². The zero-order valence-corrected chi connectivity index (χ0v) is 10.1. The van der Waals surface area contributed by atoms with Crippen molar-refractivity contribution < 1.29 is 4.39 Å². The van der Waals surface area contributed by atoms with Crippen LogP contribution in [0.3, 0.4) is 0 Å². The SMILES string of the molecule is Cc1ccc(N)cc1Nc1ccc(Cl)cc1F. The Morgan fingerprint density at radius 2 is 1.88 bits per heavy atom. The summed E-state index contributed by atoms with van der Waals surface area (Å²) in [6, 6.07) is 9.95. The number of nitrogens with two attached hydrogens (primary N) is 1. The van der Waals surface area contributed by atoms with Crippen molar-refractivity contribution in [2.75, 3.05) is 11.1 Å². The third-order valence-electron chi connectivity index (χ3n) is 2.46. The Bertz CT molecular complexity index is 555. The van der Waals surface area contributed by atoms with E-state index < -0.39 is 0 Å². The summed E-state index contributed by atoms with van der Waals surface area (Å²) in [4.78, 5) is 0. The van der Waals surface area contributed by atoms with E-state index >= 15 is 0 Å². The summed E-state index contributed by atoms with van der Waals surface area (Å²) in [7, 11) is 0. The van der Waals surface area contributed by atoms with Crippen molar-refractivity contribution in [1.29, 1.82) is 0 Å². The molecule has 0 heterocycles. The molecule has 2 rings (SSSR count). The van der Waals surface area contributed by atoms with Gasteiger partial charge in [-0.25, -0.2) is 4.39 Å². The molecule has 0 spiro atoms. The maximum absolute atomic E-state index is 13.6. The van der Waals surface area contributed by atoms with Crippen LogP contribution in [-0.4, -0.2) is 0 Å². The fourth-order valence-electron chi connectivity index (χ4n) is 1.51. The number of benzene rings is 2. The number of rotatable bonds is 2. The maximum Gasteiger partial charge on any atom is 0.148 e. The van der Waals surface area contributed by atoms with Crippen LogP contribution in [0, 0.1) is 12.7 Å². The van der Waals surface area contributed by atoms with Crippen molar-refractivity contribution in [2.45, 2.75) is 6.92 Å². The van der Waals surface area contributed by atoms with Gasteiger partial charge in [-0.05, 0) is 42.8 Å². The molecule has 2 aromatic carbocycles. The molecule has 0 unspecified atom stereocenters. The van der Waals surface area contributed by atoms with Crippen LogP contribution in [0.15, 0.2) is 36.4 Å². The lowest BCUT2D eigenvalue weighted by Gasteiger charge is -2.11. The molecule has 0 fully saturated rings. The van der Waals surface area contributed by atoms with Gasteiger partial charge in [-0.1, -0.05) is 17.7 Å². The van der Waals surface area contributed by atoms with E-state index in [1.165, 1.54) is 6.07 Å². The van der Waals surface area contributed by atoms with Gasteiger partial charge in [-0.15, -0.1) is 0 Å². The Kier molecular flexibility index (Phi) is 3.20. The fourth-order valence-corrected chi connectivity index (χ4v) is 1.67. The molecule has 0 bridgehead atoms. The number of anilines is 3. The first-order valence-corrected chi connectivity index (χ1v) is 5.52. The third kappa shape index (κ3) is 2.68. The van der Waals surface area contributed by atoms with Crippen LogP contribution in [0.25, 0.3) is 0 Å². The first kappa shape index (κ1) is 11.7. The lowest BCUT2D eigenvalue weighted by atomic mass is 10.1. The lowest BCUT2D eigenvalue weighted by Crippen LogP contribution is -1.97. The molecule has 0 atom stereocenters. The third-order valence-corrected chi connectivity index (χ3v) is 2.70. The van der Waals surface area contributed by atoms with E-state index in [0.717, 1.165) is 11.3 Å². The summed E-state index contributed by atoms with van der Waals surface area (Å²) >= 11 is 5.69. The minimum Gasteiger partial charge on any atom is -0.399 e. The van der Waals surface area contributed by atoms with Crippen molar-refractivity contribution in [1.82, 2.24) is 0 Å². The van der Waals surface area contributed by atoms with E-state index in [2.05, 4.69) is 5.32 Å². The highest BCUT2D eigenvalue weighted by Gasteiger charge is 2.05. The molecule has 0 saturated heterocycles. The second-order valence-electron chi connectivity index (χ2n) is 3.82. The van der Waals surface area contributed by atoms with Crippen LogP contribution in [0.4, 0.5) is 21.5 Å². The van der Waals surface area contributed by atoms with Crippen LogP contribution in [0.1, 0.15) is 5.56 Å². The average molecular weight is 251 g/mol. The van der Waals surface area contributed by atoms with Crippen LogP contribution in [0.5, 0.6) is 0 Å². The van der Waals surface area contributed by atoms with Gasteiger partial charge in [0.1, 0.15) is 5.82 Å². The maximum atomic E-state index is 13.6. The number of nitrogens with one attached hydrogen (secondary N) is 1. The van der Waals surface area contributed by atoms with E-state index in [-0.39, 0.29) is 5.82 Å². The summed E-state index contributed by atoms with van der Waals surface area (Å²) < 4.78 is 13.6. The molecule has 0 aliphatic heterocycles. The molecule has 3 N–H and O–H groups in total. The highest BCUT2D eigenvalue weighted by molar-refractivity contribution is 6.30. The van der Waals surface area contributed by atoms with Crippen LogP contribution >= 0.6 is 11.6 Å². The number of hydrogen-bond acceptors (Lipinski definition) is 2. The molecular formula is C13H12ClFN2. The topological polar surface area (TPSA) is 38.0 Å². The van der Waals surface area contributed by atoms with Crippen LogP contribution in [0.2, 0.25) is 5.02 Å². The largest absolute Gasteiger partial charge is 0.399 e. The van der Waals surface area contributed by atoms with Crippen molar-refractivity contribution >= 4 is 28.7 Å². The van der Waals surface area contributed by atoms with Crippen molar-refractivity contribution in [3.8, 4) is 0 Å². The Morgan fingerprint density at radius 1 is 1.12 bits per heavy atom. The Hall–Kier alpha value is -1.74. The van der Waals surface area contributed by atoms with E-state index in [9.17, 15) is 4.39 Å². The van der Waals surface area contributed by atoms with Crippen LogP contribution in [-0.2, 0) is 0 Å². The van der Waals surface area contributed by atoms with Gasteiger partial charge >= 0.3 is 0 Å². The monoisotopic (exact) mass is 250 g/mol. The fraction of sp³-hybridized carbons (Fsp3) is 0.0769. The van der Waals surface area contributed by atoms with Gasteiger partial charge in [0.15, 0.2) is 0 Å². The second kappa shape index (κ2) is 4.63. The van der Waals surface area contributed by atoms with Gasteiger partial charge in [0.2, 0.25) is 0 Å². The summed E-state index contributed by atoms with van der Waals surface area (Å²) in [6.45, 7) is 1.93. The van der Waals surface area contributed by atoms with Crippen molar-refractivity contribution in [3.63, 3.8) is 0 Å². The lowest BCUT2D eigenvalue weighted by molar-refractivity contribution is 0.632. The zero-order chi connectivity index (χ0) is 12.4. The minimum absolute atomic E-state index is 0.373. The van der Waals surface area contributed by atoms with Gasteiger partial charge in [0, 0.05) is 16.4 Å². The van der Waals surface area contributed by atoms with E-state index in [4.69, 9.17) is 17.3 Å². The molecule has 2 nitrogen and oxygen atoms in total. The second-order valence-corrected chi connectivity index (χ2v) is 4.26. The van der Waals surface area contributed by atoms with Crippen LogP contribution < -0.4 is 11.1 Å². The first-order chi connectivity index (χ1) is 8.06. The molecule has 2 aromatic rings. The van der Waals surface area contributed by atoms with Crippen molar-refractivity contribution in [3.05, 3.63) is 52.8 Å². The number of nitrogen functional groups attached to an aromatic ring is 1. The number of halogens is 2. The minimum atomic E-state index is -0.390. The first-order valence-electron chi connectivity index (χ1n) is 5.14. The van der Waals surface area contributed by atoms with Gasteiger partial charge in [-0.3, -0.25) is 0 Å². The molecule has 0 amide bonds. The quantitative estimate of drug-likeness (QED) is 0.787. The Balaban J connectivity index is 2.34. The summed E-state index contributed by atoms with van der Waals surface area (Å²) in [6.07, 6.45) is 0. The highest BCUT2D eigenvalue weighted by atomic mass is 35.5. The molecule has 0 aromatic heterocycles.